The first-order valence-corrected chi connectivity index (χ1v) is 12.7. The first-order valence-electron chi connectivity index (χ1n) is 11.1. The van der Waals surface area contributed by atoms with Crippen molar-refractivity contribution < 1.29 is 22.3 Å². The normalized spacial score (nSPS) is 22.5. The average molecular weight is 499 g/mol. The van der Waals surface area contributed by atoms with Gasteiger partial charge in [-0.1, -0.05) is 12.0 Å². The lowest BCUT2D eigenvalue weighted by molar-refractivity contribution is 0.0988. The fraction of sp³-hybridized carbons (Fsp3) is 0.400. The molecule has 2 aromatic rings. The number of hydrogen-bond donors (Lipinski definition) is 1. The zero-order valence-corrected chi connectivity index (χ0v) is 20.7. The largest absolute Gasteiger partial charge is 0.479 e. The maximum atomic E-state index is 14.9. The van der Waals surface area contributed by atoms with E-state index in [0.717, 1.165) is 0 Å². The lowest BCUT2D eigenvalue weighted by Crippen LogP contribution is -2.73. The van der Waals surface area contributed by atoms with E-state index in [1.54, 1.807) is 33.0 Å². The Kier molecular flexibility index (Phi) is 6.42. The van der Waals surface area contributed by atoms with Crippen LogP contribution in [-0.4, -0.2) is 67.2 Å². The summed E-state index contributed by atoms with van der Waals surface area (Å²) in [5, 5.41) is 0. The fourth-order valence-corrected chi connectivity index (χ4v) is 7.02. The van der Waals surface area contributed by atoms with Gasteiger partial charge in [0.25, 0.3) is 0 Å². The zero-order valence-electron chi connectivity index (χ0n) is 19.8. The molecule has 0 saturated carbocycles. The molecule has 1 spiro atoms. The maximum Gasteiger partial charge on any atom is 0.185 e. The molecule has 1 aromatic heterocycles. The number of aromatic nitrogens is 1. The van der Waals surface area contributed by atoms with E-state index < -0.39 is 25.9 Å². The second kappa shape index (κ2) is 9.06. The number of amidine groups is 1. The number of likely N-dealkylation sites (tertiary alicyclic amines) is 1. The number of halogens is 1. The van der Waals surface area contributed by atoms with E-state index in [0.29, 0.717) is 11.3 Å². The highest BCUT2D eigenvalue weighted by Crippen LogP contribution is 2.41. The van der Waals surface area contributed by atoms with Crippen molar-refractivity contribution in [3.05, 3.63) is 59.2 Å². The molecule has 4 rings (SSSR count). The van der Waals surface area contributed by atoms with Crippen molar-refractivity contribution in [1.29, 1.82) is 0 Å². The molecule has 0 unspecified atom stereocenters. The molecule has 10 heteroatoms. The fourth-order valence-electron chi connectivity index (χ4n) is 4.58. The number of carbonyl (C=O) groups is 1. The summed E-state index contributed by atoms with van der Waals surface area (Å²) in [7, 11) is -1.89. The van der Waals surface area contributed by atoms with Crippen LogP contribution in [0.25, 0.3) is 0 Å². The van der Waals surface area contributed by atoms with Crippen LogP contribution in [0.1, 0.15) is 35.5 Å². The first-order chi connectivity index (χ1) is 16.5. The minimum Gasteiger partial charge on any atom is -0.479 e. The molecule has 35 heavy (non-hydrogen) atoms. The molecule has 2 aliphatic rings. The minimum absolute atomic E-state index is 0.00153. The van der Waals surface area contributed by atoms with Crippen molar-refractivity contribution in [1.82, 2.24) is 9.88 Å². The Balaban J connectivity index is 1.57. The Hall–Kier alpha value is -3.29. The summed E-state index contributed by atoms with van der Waals surface area (Å²) in [6.45, 7) is 4.02. The zero-order chi connectivity index (χ0) is 25.4. The molecule has 2 N–H and O–H groups in total. The maximum absolute atomic E-state index is 14.9. The molecule has 0 bridgehead atoms. The number of nitrogens with zero attached hydrogens (tertiary/aromatic N) is 3. The summed E-state index contributed by atoms with van der Waals surface area (Å²) in [6, 6.07) is 7.39. The second-order valence-electron chi connectivity index (χ2n) is 9.21. The number of Topliss-reactive ketones (excluding diaryl/α,β-unsaturated/α-hetero) is 1. The van der Waals surface area contributed by atoms with Crippen molar-refractivity contribution in [2.75, 3.05) is 32.5 Å². The van der Waals surface area contributed by atoms with Gasteiger partial charge < -0.3 is 15.4 Å². The molecule has 3 heterocycles. The number of nitrogens with two attached hydrogens (primary N) is 1. The van der Waals surface area contributed by atoms with Gasteiger partial charge in [-0.15, -0.1) is 5.92 Å². The molecule has 184 valence electrons. The smallest absolute Gasteiger partial charge is 0.185 e. The molecular weight excluding hydrogens is 471 g/mol. The highest BCUT2D eigenvalue weighted by molar-refractivity contribution is 7.93. The molecule has 1 aromatic carbocycles. The summed E-state index contributed by atoms with van der Waals surface area (Å²) < 4.78 is 45.5. The number of aliphatic imine (C=N–C) groups is 1. The predicted molar refractivity (Wildman–Crippen MR) is 131 cm³/mol. The third-order valence-electron chi connectivity index (χ3n) is 6.44. The minimum atomic E-state index is -3.69. The second-order valence-corrected chi connectivity index (χ2v) is 11.5. The first kappa shape index (κ1) is 24.8. The Bertz CT molecular complexity index is 1360. The van der Waals surface area contributed by atoms with Gasteiger partial charge in [0.2, 0.25) is 0 Å². The van der Waals surface area contributed by atoms with Crippen LogP contribution in [0.2, 0.25) is 0 Å². The number of ether oxygens (including phenoxy) is 1. The molecule has 0 amide bonds. The number of ketones is 1. The average Bonchev–Trinajstić information content (AvgIpc) is 2.77. The summed E-state index contributed by atoms with van der Waals surface area (Å²) in [5.74, 6) is 4.74. The van der Waals surface area contributed by atoms with Crippen molar-refractivity contribution >= 4 is 21.5 Å². The summed E-state index contributed by atoms with van der Waals surface area (Å²) >= 11 is 0. The van der Waals surface area contributed by atoms with Crippen LogP contribution in [0, 0.1) is 17.7 Å². The highest BCUT2D eigenvalue weighted by atomic mass is 32.2. The quantitative estimate of drug-likeness (QED) is 0.476. The molecule has 1 fully saturated rings. The Morgan fingerprint density at radius 1 is 1.29 bits per heavy atom. The van der Waals surface area contributed by atoms with Gasteiger partial charge in [0.15, 0.2) is 20.4 Å². The van der Waals surface area contributed by atoms with Crippen molar-refractivity contribution in [3.8, 4) is 17.6 Å². The number of carbonyl (C=O) groups excluding carboxylic acids is 1. The highest BCUT2D eigenvalue weighted by Gasteiger charge is 2.60. The Labute approximate surface area is 204 Å². The third kappa shape index (κ3) is 4.54. The van der Waals surface area contributed by atoms with Gasteiger partial charge in [-0.2, -0.15) is 0 Å². The van der Waals surface area contributed by atoms with Crippen LogP contribution in [0.15, 0.2) is 41.5 Å². The van der Waals surface area contributed by atoms with Crippen molar-refractivity contribution in [2.24, 2.45) is 10.7 Å². The molecule has 1 atom stereocenters. The van der Waals surface area contributed by atoms with E-state index in [1.165, 1.54) is 24.4 Å². The van der Waals surface area contributed by atoms with Crippen LogP contribution in [0.4, 0.5) is 4.39 Å². The Morgan fingerprint density at radius 2 is 2.03 bits per heavy atom. The van der Waals surface area contributed by atoms with Crippen LogP contribution >= 0.6 is 0 Å². The number of pyridine rings is 1. The molecule has 0 aliphatic carbocycles. The van der Waals surface area contributed by atoms with E-state index in [9.17, 15) is 17.6 Å². The topological polar surface area (TPSA) is 115 Å². The molecule has 0 radical (unpaired) electrons. The van der Waals surface area contributed by atoms with Gasteiger partial charge in [-0.25, -0.2) is 17.8 Å². The molecule has 8 nitrogen and oxygen atoms in total. The summed E-state index contributed by atoms with van der Waals surface area (Å²) in [6.07, 6.45) is 1.40. The van der Waals surface area contributed by atoms with E-state index in [-0.39, 0.29) is 54.7 Å². The van der Waals surface area contributed by atoms with E-state index in [4.69, 9.17) is 10.5 Å². The van der Waals surface area contributed by atoms with Gasteiger partial charge >= 0.3 is 0 Å². The third-order valence-corrected chi connectivity index (χ3v) is 9.04. The van der Waals surface area contributed by atoms with Gasteiger partial charge in [0.05, 0.1) is 11.9 Å². The van der Waals surface area contributed by atoms with E-state index >= 15 is 0 Å². The summed E-state index contributed by atoms with van der Waals surface area (Å²) in [4.78, 5) is 23.3. The molecule has 1 saturated heterocycles. The Morgan fingerprint density at radius 3 is 2.63 bits per heavy atom. The van der Waals surface area contributed by atoms with Crippen molar-refractivity contribution in [3.63, 3.8) is 0 Å². The molecule has 2 aliphatic heterocycles. The van der Waals surface area contributed by atoms with Gasteiger partial charge in [0, 0.05) is 25.1 Å². The van der Waals surface area contributed by atoms with Crippen LogP contribution in [0.5, 0.6) is 5.75 Å². The van der Waals surface area contributed by atoms with E-state index in [1.807, 2.05) is 4.90 Å². The van der Waals surface area contributed by atoms with Gasteiger partial charge in [0.1, 0.15) is 35.2 Å². The van der Waals surface area contributed by atoms with Crippen LogP contribution in [-0.2, 0) is 21.8 Å². The monoisotopic (exact) mass is 498 g/mol. The van der Waals surface area contributed by atoms with Crippen molar-refractivity contribution in [2.45, 2.75) is 30.6 Å². The lowest BCUT2D eigenvalue weighted by Gasteiger charge is -2.51. The summed E-state index contributed by atoms with van der Waals surface area (Å²) in [5.41, 5.74) is 5.60. The number of sulfone groups is 1. The van der Waals surface area contributed by atoms with Crippen LogP contribution < -0.4 is 10.5 Å². The predicted octanol–water partition coefficient (Wildman–Crippen LogP) is 1.73. The molecular formula is C25H27FN4O4S. The van der Waals surface area contributed by atoms with Gasteiger partial charge in [-0.05, 0) is 50.7 Å². The number of rotatable bonds is 6. The van der Waals surface area contributed by atoms with E-state index in [2.05, 4.69) is 21.8 Å². The lowest BCUT2D eigenvalue weighted by atomic mass is 9.89. The van der Waals surface area contributed by atoms with Gasteiger partial charge in [-0.3, -0.25) is 9.79 Å². The van der Waals surface area contributed by atoms with Crippen LogP contribution in [0.3, 0.4) is 0 Å². The SMILES string of the molecule is CC#CCOc1ccc(C(=O)Cc2ccc(F)c([C@]3(C)CS(=O)(=O)C4(CN(C)C4)C(N)=N3)c2)nc1. The standard InChI is InChI=1S/C25H27FN4O4S/c1-4-5-10-34-18-7-9-21(28-13-18)22(31)12-17-6-8-20(26)19(11-17)24(2)16-35(32,33)25(23(27)29-24)14-30(3)15-25/h6-9,11,13H,10,12,14-16H2,1-3H3,(H2,27,29)/t24-/m0/s1. The number of benzene rings is 1. The number of hydrogen-bond acceptors (Lipinski definition) is 8.